The lowest BCUT2D eigenvalue weighted by Gasteiger charge is -2.31. The van der Waals surface area contributed by atoms with Crippen LogP contribution in [0.2, 0.25) is 0 Å². The van der Waals surface area contributed by atoms with Crippen molar-refractivity contribution < 1.29 is 38.9 Å². The van der Waals surface area contributed by atoms with E-state index in [4.69, 9.17) is 19.6 Å². The molecule has 0 N–H and O–H groups in total. The van der Waals surface area contributed by atoms with Crippen LogP contribution in [0.3, 0.4) is 0 Å². The molecule has 0 unspecified atom stereocenters. The van der Waals surface area contributed by atoms with Gasteiger partial charge in [0, 0.05) is 0 Å². The second kappa shape index (κ2) is 36.8. The molecule has 8 heteroatoms. The zero-order chi connectivity index (χ0) is 44.8. The van der Waals surface area contributed by atoms with Gasteiger partial charge < -0.3 is 0 Å². The number of rotatable bonds is 31. The quantitative estimate of drug-likeness (QED) is 0.0421. The van der Waals surface area contributed by atoms with Crippen molar-refractivity contribution in [2.45, 2.75) is 240 Å². The third kappa shape index (κ3) is 34.9. The molecule has 0 aliphatic carbocycles. The van der Waals surface area contributed by atoms with Crippen LogP contribution in [0.15, 0.2) is 60.7 Å². The van der Waals surface area contributed by atoms with Crippen molar-refractivity contribution in [1.29, 1.82) is 0 Å². The van der Waals surface area contributed by atoms with Gasteiger partial charge in [0.1, 0.15) is 11.2 Å². The highest BCUT2D eigenvalue weighted by molar-refractivity contribution is 5.72. The van der Waals surface area contributed by atoms with E-state index in [-0.39, 0.29) is 5.60 Å². The largest absolute Gasteiger partial charge is 0.355 e. The molecule has 2 rings (SSSR count). The molecule has 0 bridgehead atoms. The summed E-state index contributed by atoms with van der Waals surface area (Å²) in [7, 11) is 0. The fraction of sp³-hybridized carbons (Fsp3) is 0.731. The Balaban J connectivity index is 0.000000943. The van der Waals surface area contributed by atoms with Gasteiger partial charge in [-0.3, -0.25) is 0 Å². The summed E-state index contributed by atoms with van der Waals surface area (Å²) in [6.45, 7) is 21.3. The van der Waals surface area contributed by atoms with E-state index in [2.05, 4.69) is 30.5 Å². The van der Waals surface area contributed by atoms with Crippen LogP contribution in [0.5, 0.6) is 0 Å². The highest BCUT2D eigenvalue weighted by atomic mass is 17.2. The van der Waals surface area contributed by atoms with Crippen LogP contribution in [-0.4, -0.2) is 24.1 Å². The van der Waals surface area contributed by atoms with Crippen LogP contribution in [0.4, 0.5) is 0 Å². The van der Waals surface area contributed by atoms with Gasteiger partial charge in [0.2, 0.25) is 0 Å². The van der Waals surface area contributed by atoms with Gasteiger partial charge in [-0.1, -0.05) is 203 Å². The molecule has 0 amide bonds. The van der Waals surface area contributed by atoms with E-state index in [1.807, 2.05) is 109 Å². The van der Waals surface area contributed by atoms with Gasteiger partial charge in [0.05, 0.1) is 25.0 Å². The van der Waals surface area contributed by atoms with E-state index < -0.39 is 23.1 Å². The normalized spacial score (nSPS) is 11.6. The number of unbranched alkanes of at least 4 members (excludes halogenated alkanes) is 19. The fourth-order valence-electron chi connectivity index (χ4n) is 6.13. The average Bonchev–Trinajstić information content (AvgIpc) is 3.23. The molecule has 0 fully saturated rings. The van der Waals surface area contributed by atoms with Crippen molar-refractivity contribution in [2.24, 2.45) is 0 Å². The van der Waals surface area contributed by atoms with Crippen molar-refractivity contribution >= 4 is 11.9 Å². The Morgan fingerprint density at radius 3 is 1.02 bits per heavy atom. The first-order chi connectivity index (χ1) is 28.7. The minimum absolute atomic E-state index is 0.176. The molecule has 0 aliphatic rings. The third-order valence-electron chi connectivity index (χ3n) is 9.98. The molecule has 0 heterocycles. The standard InChI is InChI=1S/C24H46O4.C18H22O2.C10H22O2/c1-3-5-7-9-11-13-15-17-19-21-23(25)27-28-24(26)22-20-18-16-14-12-10-8-6-4-2;1-17(2,15-11-7-5-8-12-15)19-20-18(3,4)16-13-9-6-10-14-16;1-5-6-7-8-9-11-12-10(2,3)4/h3-22H2,1-2H3;5-14H,1-4H3;5-9H2,1-4H3. The summed E-state index contributed by atoms with van der Waals surface area (Å²) in [6, 6.07) is 20.2. The van der Waals surface area contributed by atoms with Gasteiger partial charge in [-0.05, 0) is 78.9 Å². The van der Waals surface area contributed by atoms with E-state index >= 15 is 0 Å². The number of carbonyl (C=O) groups is 2. The fourth-order valence-corrected chi connectivity index (χ4v) is 6.13. The second-order valence-electron chi connectivity index (χ2n) is 18.1. The summed E-state index contributed by atoms with van der Waals surface area (Å²) in [5.74, 6) is -0.855. The minimum atomic E-state index is -0.493. The van der Waals surface area contributed by atoms with E-state index in [0.717, 1.165) is 62.7 Å². The topological polar surface area (TPSA) is 89.5 Å². The third-order valence-corrected chi connectivity index (χ3v) is 9.98. The lowest BCUT2D eigenvalue weighted by atomic mass is 9.98. The summed E-state index contributed by atoms with van der Waals surface area (Å²) >= 11 is 0. The molecular weight excluding hydrogens is 753 g/mol. The monoisotopic (exact) mass is 843 g/mol. The summed E-state index contributed by atoms with van der Waals surface area (Å²) in [5.41, 5.74) is 1.01. The van der Waals surface area contributed by atoms with Gasteiger partial charge in [-0.15, -0.1) is 0 Å². The molecule has 346 valence electrons. The van der Waals surface area contributed by atoms with Gasteiger partial charge in [0.25, 0.3) is 0 Å². The van der Waals surface area contributed by atoms with Crippen molar-refractivity contribution in [2.75, 3.05) is 6.61 Å². The van der Waals surface area contributed by atoms with E-state index in [9.17, 15) is 9.59 Å². The molecule has 0 saturated carbocycles. The molecular formula is C52H90O8. The molecule has 2 aromatic carbocycles. The molecule has 0 aliphatic heterocycles. The maximum absolute atomic E-state index is 11.6. The van der Waals surface area contributed by atoms with Crippen molar-refractivity contribution in [3.8, 4) is 0 Å². The maximum atomic E-state index is 11.6. The summed E-state index contributed by atoms with van der Waals surface area (Å²) in [5, 5.41) is 0. The molecule has 60 heavy (non-hydrogen) atoms. The summed E-state index contributed by atoms with van der Waals surface area (Å²) in [6.07, 6.45) is 27.2. The Labute approximate surface area is 368 Å². The Morgan fingerprint density at radius 1 is 0.400 bits per heavy atom. The predicted octanol–water partition coefficient (Wildman–Crippen LogP) is 15.9. The Kier molecular flexibility index (Phi) is 35.1. The van der Waals surface area contributed by atoms with Crippen molar-refractivity contribution in [3.63, 3.8) is 0 Å². The molecule has 0 saturated heterocycles. The van der Waals surface area contributed by atoms with Crippen LogP contribution >= 0.6 is 0 Å². The molecule has 8 nitrogen and oxygen atoms in total. The minimum Gasteiger partial charge on any atom is -0.247 e. The maximum Gasteiger partial charge on any atom is 0.355 e. The smallest absolute Gasteiger partial charge is 0.247 e. The highest BCUT2D eigenvalue weighted by Gasteiger charge is 2.29. The Hall–Kier alpha value is -2.78. The first-order valence-electron chi connectivity index (χ1n) is 23.9. The van der Waals surface area contributed by atoms with Crippen molar-refractivity contribution in [1.82, 2.24) is 0 Å². The van der Waals surface area contributed by atoms with Crippen LogP contribution in [0, 0.1) is 0 Å². The Bertz CT molecular complexity index is 1170. The van der Waals surface area contributed by atoms with Gasteiger partial charge in [-0.25, -0.2) is 38.9 Å². The van der Waals surface area contributed by atoms with Crippen LogP contribution in [-0.2, 0) is 50.1 Å². The van der Waals surface area contributed by atoms with E-state index in [1.54, 1.807) is 0 Å². The molecule has 0 radical (unpaired) electrons. The Morgan fingerprint density at radius 2 is 0.700 bits per heavy atom. The van der Waals surface area contributed by atoms with Gasteiger partial charge in [0.15, 0.2) is 0 Å². The van der Waals surface area contributed by atoms with E-state index in [1.165, 1.54) is 96.3 Å². The molecule has 2 aromatic rings. The van der Waals surface area contributed by atoms with Crippen LogP contribution in [0.1, 0.15) is 234 Å². The number of benzene rings is 2. The number of carbonyl (C=O) groups excluding carboxylic acids is 2. The summed E-state index contributed by atoms with van der Waals surface area (Å²) in [4.78, 5) is 54.0. The lowest BCUT2D eigenvalue weighted by molar-refractivity contribution is -0.410. The van der Waals surface area contributed by atoms with Gasteiger partial charge in [-0.2, -0.15) is 0 Å². The molecule has 0 atom stereocenters. The SMILES string of the molecule is CC(C)(OOC(C)(C)c1ccccc1)c1ccccc1.CCCCCCCCCCCC(=O)OOC(=O)CCCCCCCCCCC.CCCCCCOOC(C)(C)C. The first kappa shape index (κ1) is 57.2. The van der Waals surface area contributed by atoms with Crippen molar-refractivity contribution in [3.05, 3.63) is 71.8 Å². The predicted molar refractivity (Wildman–Crippen MR) is 248 cm³/mol. The zero-order valence-corrected chi connectivity index (χ0v) is 40.2. The van der Waals surface area contributed by atoms with Crippen LogP contribution < -0.4 is 0 Å². The molecule has 0 spiro atoms. The van der Waals surface area contributed by atoms with Gasteiger partial charge >= 0.3 is 11.9 Å². The first-order valence-corrected chi connectivity index (χ1v) is 23.9. The number of hydrogen-bond acceptors (Lipinski definition) is 8. The second-order valence-corrected chi connectivity index (χ2v) is 18.1. The average molecular weight is 843 g/mol. The van der Waals surface area contributed by atoms with Crippen LogP contribution in [0.25, 0.3) is 0 Å². The lowest BCUT2D eigenvalue weighted by Crippen LogP contribution is -2.29. The molecule has 0 aromatic heterocycles. The zero-order valence-electron chi connectivity index (χ0n) is 40.2. The number of hydrogen-bond donors (Lipinski definition) is 0. The highest BCUT2D eigenvalue weighted by Crippen LogP contribution is 2.31. The van der Waals surface area contributed by atoms with E-state index in [0.29, 0.717) is 12.8 Å². The summed E-state index contributed by atoms with van der Waals surface area (Å²) < 4.78 is 0.